The number of rotatable bonds is 12. The number of carbonyl (C=O) groups is 5. The van der Waals surface area contributed by atoms with E-state index in [-0.39, 0.29) is 24.0 Å². The number of fused-ring (bicyclic) bond motifs is 1. The molecule has 2 N–H and O–H groups in total. The number of aliphatic hydroxyl groups excluding tert-OH is 1. The van der Waals surface area contributed by atoms with Crippen LogP contribution in [-0.4, -0.2) is 85.2 Å². The predicted octanol–water partition coefficient (Wildman–Crippen LogP) is 4.04. The Labute approximate surface area is 267 Å². The quantitative estimate of drug-likeness (QED) is 0.140. The fraction of sp³-hybridized carbons (Fsp3) is 0.607. The molecule has 1 aromatic carbocycles. The summed E-state index contributed by atoms with van der Waals surface area (Å²) >= 11 is 7.00. The molecule has 0 aromatic heterocycles. The van der Waals surface area contributed by atoms with Crippen molar-refractivity contribution in [1.82, 2.24) is 5.32 Å². The van der Waals surface area contributed by atoms with Gasteiger partial charge < -0.3 is 43.6 Å². The van der Waals surface area contributed by atoms with Gasteiger partial charge in [0.1, 0.15) is 11.4 Å². The maximum atomic E-state index is 13.9. The first-order valence-corrected chi connectivity index (χ1v) is 15.2. The summed E-state index contributed by atoms with van der Waals surface area (Å²) in [6, 6.07) is 3.93. The van der Waals surface area contributed by atoms with Crippen molar-refractivity contribution in [2.45, 2.75) is 56.8 Å². The maximum absolute atomic E-state index is 13.9. The van der Waals surface area contributed by atoms with Gasteiger partial charge in [0.15, 0.2) is 5.54 Å². The van der Waals surface area contributed by atoms with Gasteiger partial charge in [-0.05, 0) is 52.8 Å². The smallest absolute Gasteiger partial charge is 0.444 e. The van der Waals surface area contributed by atoms with Crippen LogP contribution in [0.5, 0.6) is 0 Å². The van der Waals surface area contributed by atoms with Crippen molar-refractivity contribution in [3.05, 3.63) is 29.0 Å². The van der Waals surface area contributed by atoms with E-state index in [9.17, 15) is 33.5 Å². The SMILES string of the molecule is CCOC(=O)OCOC(=O)[C@H]1[C@@H]2[C@H](O)[C@@H](CSc3ccc(F)c(Cl)c3)[C@@](NC(=O)OC(C)(C)C)(C(=O)OCOC(=O)OCC)[C@H]12. The number of hydrogen-bond acceptors (Lipinski definition) is 14. The number of hydrogen-bond donors (Lipinski definition) is 2. The third-order valence-corrected chi connectivity index (χ3v) is 8.30. The van der Waals surface area contributed by atoms with Crippen LogP contribution >= 0.6 is 23.4 Å². The van der Waals surface area contributed by atoms with E-state index in [1.807, 2.05) is 0 Å². The summed E-state index contributed by atoms with van der Waals surface area (Å²) in [5.74, 6) is -7.08. The maximum Gasteiger partial charge on any atom is 0.511 e. The first-order chi connectivity index (χ1) is 21.2. The minimum atomic E-state index is -2.12. The minimum Gasteiger partial charge on any atom is -0.444 e. The summed E-state index contributed by atoms with van der Waals surface area (Å²) in [5.41, 5.74) is -3.13. The van der Waals surface area contributed by atoms with E-state index in [2.05, 4.69) is 19.5 Å². The topological polar surface area (TPSA) is 182 Å². The molecule has 1 aromatic rings. The molecule has 2 saturated carbocycles. The molecule has 2 aliphatic carbocycles. The number of halogens is 2. The van der Waals surface area contributed by atoms with Gasteiger partial charge in [-0.2, -0.15) is 0 Å². The zero-order chi connectivity index (χ0) is 33.5. The van der Waals surface area contributed by atoms with E-state index in [4.69, 9.17) is 30.5 Å². The van der Waals surface area contributed by atoms with Crippen LogP contribution in [0.2, 0.25) is 5.02 Å². The Bertz CT molecular complexity index is 1280. The number of benzene rings is 1. The van der Waals surface area contributed by atoms with E-state index in [0.717, 1.165) is 17.8 Å². The third-order valence-electron chi connectivity index (χ3n) is 6.90. The van der Waals surface area contributed by atoms with Crippen LogP contribution in [-0.2, 0) is 42.7 Å². The molecule has 0 aliphatic heterocycles. The number of nitrogens with one attached hydrogen (secondary N) is 1. The Hall–Kier alpha value is -3.50. The van der Waals surface area contributed by atoms with Crippen LogP contribution in [0.4, 0.5) is 18.8 Å². The summed E-state index contributed by atoms with van der Waals surface area (Å²) in [4.78, 5) is 63.8. The van der Waals surface area contributed by atoms with Crippen molar-refractivity contribution in [3.8, 4) is 0 Å². The number of amides is 1. The molecule has 0 unspecified atom stereocenters. The second-order valence-electron chi connectivity index (χ2n) is 10.9. The number of alkyl carbamates (subject to hydrolysis) is 1. The van der Waals surface area contributed by atoms with E-state index in [1.165, 1.54) is 19.1 Å². The van der Waals surface area contributed by atoms with Gasteiger partial charge in [-0.15, -0.1) is 11.8 Å². The summed E-state index contributed by atoms with van der Waals surface area (Å²) in [6.45, 7) is 6.13. The first kappa shape index (κ1) is 36.0. The van der Waals surface area contributed by atoms with Gasteiger partial charge in [-0.1, -0.05) is 11.6 Å². The lowest BCUT2D eigenvalue weighted by Gasteiger charge is -2.38. The molecule has 0 radical (unpaired) electrons. The highest BCUT2D eigenvalue weighted by molar-refractivity contribution is 7.99. The van der Waals surface area contributed by atoms with Gasteiger partial charge in [0, 0.05) is 28.4 Å². The van der Waals surface area contributed by atoms with Crippen LogP contribution in [0.3, 0.4) is 0 Å². The van der Waals surface area contributed by atoms with E-state index < -0.39 is 90.7 Å². The fourth-order valence-corrected chi connectivity index (χ4v) is 6.65. The van der Waals surface area contributed by atoms with Crippen molar-refractivity contribution in [2.24, 2.45) is 23.7 Å². The van der Waals surface area contributed by atoms with Gasteiger partial charge in [0.05, 0.1) is 30.3 Å². The van der Waals surface area contributed by atoms with Crippen LogP contribution in [0.25, 0.3) is 0 Å². The number of aliphatic hydroxyl groups is 1. The molecule has 0 heterocycles. The average molecular weight is 680 g/mol. The molecule has 17 heteroatoms. The molecule has 1 amide bonds. The molecule has 2 aliphatic rings. The van der Waals surface area contributed by atoms with Gasteiger partial charge in [0.25, 0.3) is 0 Å². The normalized spacial score (nSPS) is 24.8. The molecule has 0 spiro atoms. The lowest BCUT2D eigenvalue weighted by atomic mass is 9.80. The molecule has 14 nitrogen and oxygen atoms in total. The summed E-state index contributed by atoms with van der Waals surface area (Å²) in [6.07, 6.45) is -4.66. The summed E-state index contributed by atoms with van der Waals surface area (Å²) < 4.78 is 48.1. The van der Waals surface area contributed by atoms with Gasteiger partial charge >= 0.3 is 30.3 Å². The Kier molecular flexibility index (Phi) is 12.1. The Morgan fingerprint density at radius 2 is 1.58 bits per heavy atom. The van der Waals surface area contributed by atoms with Crippen LogP contribution in [0.1, 0.15) is 34.6 Å². The lowest BCUT2D eigenvalue weighted by Crippen LogP contribution is -2.63. The van der Waals surface area contributed by atoms with Crippen molar-refractivity contribution in [1.29, 1.82) is 0 Å². The fourth-order valence-electron chi connectivity index (χ4n) is 5.21. The van der Waals surface area contributed by atoms with Crippen molar-refractivity contribution < 1.29 is 66.6 Å². The Morgan fingerprint density at radius 1 is 0.978 bits per heavy atom. The van der Waals surface area contributed by atoms with E-state index in [1.54, 1.807) is 27.7 Å². The van der Waals surface area contributed by atoms with E-state index >= 15 is 0 Å². The molecule has 3 rings (SSSR count). The highest BCUT2D eigenvalue weighted by Gasteiger charge is 2.80. The van der Waals surface area contributed by atoms with Crippen LogP contribution < -0.4 is 5.32 Å². The van der Waals surface area contributed by atoms with Gasteiger partial charge in [0.2, 0.25) is 13.6 Å². The van der Waals surface area contributed by atoms with E-state index in [0.29, 0.717) is 4.90 Å². The lowest BCUT2D eigenvalue weighted by molar-refractivity contribution is -0.167. The largest absolute Gasteiger partial charge is 0.511 e. The van der Waals surface area contributed by atoms with Crippen molar-refractivity contribution >= 4 is 53.7 Å². The third kappa shape index (κ3) is 8.82. The molecule has 0 saturated heterocycles. The highest BCUT2D eigenvalue weighted by atomic mass is 35.5. The molecular formula is C28H35ClFNO13S. The molecule has 2 fully saturated rings. The monoisotopic (exact) mass is 679 g/mol. The van der Waals surface area contributed by atoms with Crippen molar-refractivity contribution in [2.75, 3.05) is 32.6 Å². The zero-order valence-corrected chi connectivity index (χ0v) is 26.7. The predicted molar refractivity (Wildman–Crippen MR) is 152 cm³/mol. The van der Waals surface area contributed by atoms with Gasteiger partial charge in [-0.25, -0.2) is 23.6 Å². The van der Waals surface area contributed by atoms with Crippen LogP contribution in [0.15, 0.2) is 23.1 Å². The molecule has 6 atom stereocenters. The number of thioether (sulfide) groups is 1. The number of carbonyl (C=O) groups excluding carboxylic acids is 5. The standard InChI is InChI=1S/C28H35ClFNO13S/c1-6-38-25(36)42-12-40-22(33)19-18-20(19)28(31-24(35)44-27(3,4)5,23(34)41-13-43-26(37)39-7-2)15(21(18)32)11-45-14-8-9-17(30)16(29)10-14/h8-10,15,18-21,32H,6-7,11-13H2,1-5H3,(H,31,35)/t15-,18+,19+,20+,21-,28+/m1/s1. The zero-order valence-electron chi connectivity index (χ0n) is 25.2. The number of ether oxygens (including phenoxy) is 7. The highest BCUT2D eigenvalue weighted by Crippen LogP contribution is 2.66. The Balaban J connectivity index is 1.94. The molecule has 0 bridgehead atoms. The second kappa shape index (κ2) is 15.2. The minimum absolute atomic E-state index is 0.0107. The van der Waals surface area contributed by atoms with Gasteiger partial charge in [-0.3, -0.25) is 4.79 Å². The second-order valence-corrected chi connectivity index (χ2v) is 12.4. The summed E-state index contributed by atoms with van der Waals surface area (Å²) in [5, 5.41) is 13.9. The average Bonchev–Trinajstić information content (AvgIpc) is 3.64. The van der Waals surface area contributed by atoms with Crippen LogP contribution in [0, 0.1) is 29.5 Å². The first-order valence-electron chi connectivity index (χ1n) is 13.9. The summed E-state index contributed by atoms with van der Waals surface area (Å²) in [7, 11) is 0. The number of esters is 2. The van der Waals surface area contributed by atoms with Crippen molar-refractivity contribution in [3.63, 3.8) is 0 Å². The molecule has 250 valence electrons. The molecular weight excluding hydrogens is 645 g/mol. The molecule has 45 heavy (non-hydrogen) atoms. The Morgan fingerprint density at radius 3 is 2.13 bits per heavy atom.